The highest BCUT2D eigenvalue weighted by molar-refractivity contribution is 9.10. The van der Waals surface area contributed by atoms with Crippen LogP contribution in [0.4, 0.5) is 0 Å². The summed E-state index contributed by atoms with van der Waals surface area (Å²) in [5.41, 5.74) is 1.38. The summed E-state index contributed by atoms with van der Waals surface area (Å²) in [7, 11) is 1.26. The van der Waals surface area contributed by atoms with Crippen LogP contribution in [-0.4, -0.2) is 55.1 Å². The van der Waals surface area contributed by atoms with Crippen LogP contribution < -0.4 is 29.1 Å². The largest absolute Gasteiger partial charge is 0.504 e. The second kappa shape index (κ2) is 13.9. The SMILES string of the molecule is CCOC(=O)C1=C(C)N=c2s/c(=C\c3cc(OCC)c(O)cc3Br)c(=O)n2[C@H]1c1ccc(OCC(=O)OC)c(OCC)c1. The van der Waals surface area contributed by atoms with Crippen molar-refractivity contribution < 1.29 is 38.4 Å². The van der Waals surface area contributed by atoms with Gasteiger partial charge in [0.15, 0.2) is 34.4 Å². The number of rotatable bonds is 11. The Morgan fingerprint density at radius 3 is 2.44 bits per heavy atom. The number of hydrogen-bond acceptors (Lipinski definition) is 11. The first-order valence-electron chi connectivity index (χ1n) is 13.4. The molecule has 1 aromatic heterocycles. The smallest absolute Gasteiger partial charge is 0.343 e. The minimum atomic E-state index is -0.895. The zero-order chi connectivity index (χ0) is 31.3. The molecule has 0 saturated heterocycles. The number of methoxy groups -OCH3 is 1. The molecule has 4 rings (SSSR count). The predicted octanol–water partition coefficient (Wildman–Crippen LogP) is 3.62. The zero-order valence-corrected chi connectivity index (χ0v) is 26.7. The van der Waals surface area contributed by atoms with Crippen molar-refractivity contribution in [3.63, 3.8) is 0 Å². The second-order valence-corrected chi connectivity index (χ2v) is 10.9. The lowest BCUT2D eigenvalue weighted by Gasteiger charge is -2.25. The molecular weight excluding hydrogens is 644 g/mol. The van der Waals surface area contributed by atoms with E-state index in [2.05, 4.69) is 25.7 Å². The normalized spacial score (nSPS) is 14.6. The monoisotopic (exact) mass is 674 g/mol. The van der Waals surface area contributed by atoms with Gasteiger partial charge in [-0.05, 0) is 69.2 Å². The zero-order valence-electron chi connectivity index (χ0n) is 24.3. The number of halogens is 1. The summed E-state index contributed by atoms with van der Waals surface area (Å²) in [5.74, 6) is -0.304. The number of carbonyl (C=O) groups excluding carboxylic acids is 2. The van der Waals surface area contributed by atoms with Crippen LogP contribution in [0.3, 0.4) is 0 Å². The number of ether oxygens (including phenoxy) is 5. The Morgan fingerprint density at radius 1 is 1.05 bits per heavy atom. The molecule has 0 unspecified atom stereocenters. The lowest BCUT2D eigenvalue weighted by Crippen LogP contribution is -2.40. The van der Waals surface area contributed by atoms with Gasteiger partial charge >= 0.3 is 11.9 Å². The number of aromatic hydroxyl groups is 1. The average molecular weight is 676 g/mol. The third-order valence-electron chi connectivity index (χ3n) is 6.34. The van der Waals surface area contributed by atoms with E-state index in [0.717, 1.165) is 11.3 Å². The van der Waals surface area contributed by atoms with Gasteiger partial charge < -0.3 is 28.8 Å². The summed E-state index contributed by atoms with van der Waals surface area (Å²) in [6, 6.07) is 7.21. The van der Waals surface area contributed by atoms with Crippen LogP contribution in [0.25, 0.3) is 6.08 Å². The maximum Gasteiger partial charge on any atom is 0.343 e. The number of carbonyl (C=O) groups is 2. The summed E-state index contributed by atoms with van der Waals surface area (Å²) in [4.78, 5) is 43.9. The van der Waals surface area contributed by atoms with Crippen LogP contribution in [-0.2, 0) is 19.1 Å². The molecule has 0 aliphatic carbocycles. The van der Waals surface area contributed by atoms with Gasteiger partial charge in [-0.1, -0.05) is 33.3 Å². The highest BCUT2D eigenvalue weighted by Gasteiger charge is 2.34. The first kappa shape index (κ1) is 31.8. The van der Waals surface area contributed by atoms with Crippen molar-refractivity contribution >= 4 is 45.3 Å². The van der Waals surface area contributed by atoms with E-state index in [-0.39, 0.29) is 35.8 Å². The van der Waals surface area contributed by atoms with E-state index in [0.29, 0.717) is 55.3 Å². The summed E-state index contributed by atoms with van der Waals surface area (Å²) in [6.45, 7) is 7.45. The molecule has 1 aliphatic rings. The Kier molecular flexibility index (Phi) is 10.3. The molecular formula is C30H31BrN2O9S. The van der Waals surface area contributed by atoms with Crippen LogP contribution >= 0.6 is 27.3 Å². The van der Waals surface area contributed by atoms with Crippen LogP contribution in [0.1, 0.15) is 44.9 Å². The summed E-state index contributed by atoms with van der Waals surface area (Å²) in [5, 5.41) is 10.2. The fourth-order valence-corrected chi connectivity index (χ4v) is 5.95. The Balaban J connectivity index is 1.91. The van der Waals surface area contributed by atoms with E-state index < -0.39 is 18.0 Å². The molecule has 2 aromatic carbocycles. The molecule has 0 amide bonds. The second-order valence-electron chi connectivity index (χ2n) is 9.08. The summed E-state index contributed by atoms with van der Waals surface area (Å²) >= 11 is 4.61. The van der Waals surface area contributed by atoms with Crippen molar-refractivity contribution in [3.05, 3.63) is 76.9 Å². The summed E-state index contributed by atoms with van der Waals surface area (Å²) < 4.78 is 29.3. The first-order chi connectivity index (χ1) is 20.6. The molecule has 2 heterocycles. The molecule has 11 nitrogen and oxygen atoms in total. The van der Waals surface area contributed by atoms with E-state index in [4.69, 9.17) is 18.9 Å². The van der Waals surface area contributed by atoms with Crippen molar-refractivity contribution in [2.24, 2.45) is 4.99 Å². The fourth-order valence-electron chi connectivity index (χ4n) is 4.47. The third-order valence-corrected chi connectivity index (χ3v) is 8.01. The lowest BCUT2D eigenvalue weighted by molar-refractivity contribution is -0.143. The number of fused-ring (bicyclic) bond motifs is 1. The van der Waals surface area contributed by atoms with E-state index in [1.807, 2.05) is 0 Å². The molecule has 1 atom stereocenters. The molecule has 1 aliphatic heterocycles. The predicted molar refractivity (Wildman–Crippen MR) is 162 cm³/mol. The first-order valence-corrected chi connectivity index (χ1v) is 15.1. The lowest BCUT2D eigenvalue weighted by atomic mass is 9.95. The van der Waals surface area contributed by atoms with E-state index >= 15 is 0 Å². The van der Waals surface area contributed by atoms with E-state index in [1.165, 1.54) is 17.7 Å². The van der Waals surface area contributed by atoms with Crippen LogP contribution in [0.15, 0.2) is 55.9 Å². The molecule has 0 fully saturated rings. The van der Waals surface area contributed by atoms with Gasteiger partial charge in [-0.2, -0.15) is 0 Å². The van der Waals surface area contributed by atoms with E-state index in [9.17, 15) is 19.5 Å². The maximum atomic E-state index is 14.0. The molecule has 0 bridgehead atoms. The van der Waals surface area contributed by atoms with Crippen molar-refractivity contribution in [3.8, 4) is 23.0 Å². The molecule has 0 radical (unpaired) electrons. The van der Waals surface area contributed by atoms with Crippen molar-refractivity contribution in [2.75, 3.05) is 33.5 Å². The maximum absolute atomic E-state index is 14.0. The van der Waals surface area contributed by atoms with Crippen molar-refractivity contribution in [1.29, 1.82) is 0 Å². The third kappa shape index (κ3) is 6.78. The minimum Gasteiger partial charge on any atom is -0.504 e. The van der Waals surface area contributed by atoms with Crippen LogP contribution in [0, 0.1) is 0 Å². The number of thiazole rings is 1. The Morgan fingerprint density at radius 2 is 1.77 bits per heavy atom. The van der Waals surface area contributed by atoms with Crippen LogP contribution in [0.2, 0.25) is 0 Å². The van der Waals surface area contributed by atoms with E-state index in [1.54, 1.807) is 58.0 Å². The van der Waals surface area contributed by atoms with Crippen molar-refractivity contribution in [2.45, 2.75) is 33.7 Å². The number of esters is 2. The van der Waals surface area contributed by atoms with Gasteiger partial charge in [-0.15, -0.1) is 0 Å². The highest BCUT2D eigenvalue weighted by atomic mass is 79.9. The van der Waals surface area contributed by atoms with Gasteiger partial charge in [-0.25, -0.2) is 14.6 Å². The average Bonchev–Trinajstić information content (AvgIpc) is 3.28. The molecule has 3 aromatic rings. The molecule has 43 heavy (non-hydrogen) atoms. The number of nitrogens with zero attached hydrogens (tertiary/aromatic N) is 2. The van der Waals surface area contributed by atoms with Gasteiger partial charge in [0.05, 0.1) is 48.8 Å². The number of aromatic nitrogens is 1. The topological polar surface area (TPSA) is 135 Å². The highest BCUT2D eigenvalue weighted by Crippen LogP contribution is 2.37. The molecule has 1 N–H and O–H groups in total. The quantitative estimate of drug-likeness (QED) is 0.303. The number of phenols is 1. The summed E-state index contributed by atoms with van der Waals surface area (Å²) in [6.07, 6.45) is 1.67. The van der Waals surface area contributed by atoms with Crippen LogP contribution in [0.5, 0.6) is 23.0 Å². The van der Waals surface area contributed by atoms with Gasteiger partial charge in [0.2, 0.25) is 0 Å². The minimum absolute atomic E-state index is 0.0360. The van der Waals surface area contributed by atoms with Gasteiger partial charge in [0, 0.05) is 4.47 Å². The van der Waals surface area contributed by atoms with Gasteiger partial charge in [0.1, 0.15) is 0 Å². The molecule has 228 valence electrons. The number of phenolic OH excluding ortho intramolecular Hbond substituents is 1. The van der Waals surface area contributed by atoms with Gasteiger partial charge in [0.25, 0.3) is 5.56 Å². The number of hydrogen-bond donors (Lipinski definition) is 1. The Labute approximate surface area is 259 Å². The fraction of sp³-hybridized carbons (Fsp3) is 0.333. The Hall–Kier alpha value is -4.10. The molecule has 13 heteroatoms. The number of benzene rings is 2. The van der Waals surface area contributed by atoms with Gasteiger partial charge in [-0.3, -0.25) is 9.36 Å². The standard InChI is InChI=1S/C30H31BrN2O9S/c1-6-39-22-12-18(19(31)14-20(22)34)13-24-28(36)33-27(26(29(37)41-8-3)16(4)32-30(33)43-24)17-9-10-21(23(11-17)40-7-2)42-15-25(35)38-5/h9-14,27,34H,6-8,15H2,1-5H3/b24-13-/t27-/m0/s1. The molecule has 0 spiro atoms. The molecule has 0 saturated carbocycles. The van der Waals surface area contributed by atoms with Crippen molar-refractivity contribution in [1.82, 2.24) is 4.57 Å². The number of allylic oxidation sites excluding steroid dienone is 1. The Bertz CT molecular complexity index is 1760.